The van der Waals surface area contributed by atoms with Crippen LogP contribution in [0.1, 0.15) is 43.9 Å². The van der Waals surface area contributed by atoms with Crippen LogP contribution in [0.25, 0.3) is 20.9 Å². The maximum Gasteiger partial charge on any atom is 0.306 e. The third kappa shape index (κ3) is 5.74. The summed E-state index contributed by atoms with van der Waals surface area (Å²) in [5.41, 5.74) is 5.03. The van der Waals surface area contributed by atoms with Crippen LogP contribution in [0.2, 0.25) is 0 Å². The molecule has 1 aromatic heterocycles. The average molecular weight is 434 g/mol. The standard InChI is InChI=1S/C26H27NO3S/c1-5-29-26(28)13-7-19-6-9-22(18(4)14-19)25-12-11-24(31-25)20-8-10-23(30-17(2)3)21(15-20)16-27/h6,8-12,14-15,17H,5,7,13H2,1-4H3. The van der Waals surface area contributed by atoms with E-state index in [2.05, 4.69) is 43.3 Å². The zero-order valence-corrected chi connectivity index (χ0v) is 19.2. The third-order valence-corrected chi connectivity index (χ3v) is 6.00. The minimum Gasteiger partial charge on any atom is -0.490 e. The van der Waals surface area contributed by atoms with Gasteiger partial charge in [0, 0.05) is 16.2 Å². The number of carbonyl (C=O) groups is 1. The largest absolute Gasteiger partial charge is 0.490 e. The van der Waals surface area contributed by atoms with Crippen LogP contribution in [0.5, 0.6) is 5.75 Å². The van der Waals surface area contributed by atoms with E-state index in [1.54, 1.807) is 11.3 Å². The van der Waals surface area contributed by atoms with Crippen molar-refractivity contribution in [2.24, 2.45) is 0 Å². The summed E-state index contributed by atoms with van der Waals surface area (Å²) in [6.07, 6.45) is 1.10. The number of aryl methyl sites for hydroxylation is 2. The topological polar surface area (TPSA) is 59.3 Å². The lowest BCUT2D eigenvalue weighted by atomic mass is 10.0. The summed E-state index contributed by atoms with van der Waals surface area (Å²) in [6.45, 7) is 8.23. The second-order valence-corrected chi connectivity index (χ2v) is 8.69. The number of hydrogen-bond acceptors (Lipinski definition) is 5. The van der Waals surface area contributed by atoms with Crippen LogP contribution < -0.4 is 4.74 Å². The van der Waals surface area contributed by atoms with Gasteiger partial charge in [0.2, 0.25) is 0 Å². The Labute approximate surface area is 188 Å². The number of nitriles is 1. The first-order valence-electron chi connectivity index (χ1n) is 10.5. The van der Waals surface area contributed by atoms with Crippen molar-refractivity contribution in [3.63, 3.8) is 0 Å². The molecule has 5 heteroatoms. The molecule has 0 bridgehead atoms. The molecule has 1 heterocycles. The van der Waals surface area contributed by atoms with E-state index in [0.717, 1.165) is 16.0 Å². The zero-order valence-electron chi connectivity index (χ0n) is 18.4. The number of rotatable bonds is 8. The molecule has 0 saturated heterocycles. The molecular formula is C26H27NO3S. The van der Waals surface area contributed by atoms with E-state index in [0.29, 0.717) is 30.8 Å². The van der Waals surface area contributed by atoms with Crippen molar-refractivity contribution in [3.05, 3.63) is 65.2 Å². The molecule has 4 nitrogen and oxygen atoms in total. The van der Waals surface area contributed by atoms with Crippen LogP contribution in [-0.2, 0) is 16.0 Å². The smallest absolute Gasteiger partial charge is 0.306 e. The molecule has 0 aliphatic heterocycles. The first-order valence-corrected chi connectivity index (χ1v) is 11.3. The van der Waals surface area contributed by atoms with Crippen molar-refractivity contribution in [2.45, 2.75) is 46.6 Å². The predicted octanol–water partition coefficient (Wildman–Crippen LogP) is 6.55. The normalized spacial score (nSPS) is 10.7. The summed E-state index contributed by atoms with van der Waals surface area (Å²) in [7, 11) is 0. The van der Waals surface area contributed by atoms with Gasteiger partial charge in [0.05, 0.1) is 18.3 Å². The van der Waals surface area contributed by atoms with E-state index in [9.17, 15) is 10.1 Å². The highest BCUT2D eigenvalue weighted by molar-refractivity contribution is 7.18. The number of hydrogen-bond donors (Lipinski definition) is 0. The van der Waals surface area contributed by atoms with Crippen molar-refractivity contribution < 1.29 is 14.3 Å². The molecule has 0 saturated carbocycles. The zero-order chi connectivity index (χ0) is 22.4. The Bertz CT molecular complexity index is 1110. The fraction of sp³-hybridized carbons (Fsp3) is 0.308. The van der Waals surface area contributed by atoms with Gasteiger partial charge in [-0.25, -0.2) is 0 Å². The molecular weight excluding hydrogens is 406 g/mol. The van der Waals surface area contributed by atoms with E-state index in [-0.39, 0.29) is 12.1 Å². The van der Waals surface area contributed by atoms with Gasteiger partial charge in [-0.2, -0.15) is 5.26 Å². The molecule has 0 fully saturated rings. The average Bonchev–Trinajstić information content (AvgIpc) is 3.22. The predicted molar refractivity (Wildman–Crippen MR) is 125 cm³/mol. The van der Waals surface area contributed by atoms with Crippen LogP contribution >= 0.6 is 11.3 Å². The molecule has 0 unspecified atom stereocenters. The second kappa shape index (κ2) is 10.3. The van der Waals surface area contributed by atoms with Crippen molar-refractivity contribution >= 4 is 17.3 Å². The van der Waals surface area contributed by atoms with E-state index in [1.165, 1.54) is 16.0 Å². The highest BCUT2D eigenvalue weighted by Crippen LogP contribution is 2.37. The van der Waals surface area contributed by atoms with E-state index in [4.69, 9.17) is 9.47 Å². The van der Waals surface area contributed by atoms with Crippen LogP contribution in [0.3, 0.4) is 0 Å². The summed E-state index contributed by atoms with van der Waals surface area (Å²) >= 11 is 1.70. The number of benzene rings is 2. The summed E-state index contributed by atoms with van der Waals surface area (Å²) in [4.78, 5) is 13.9. The highest BCUT2D eigenvalue weighted by Gasteiger charge is 2.12. The maximum atomic E-state index is 11.6. The van der Waals surface area contributed by atoms with E-state index >= 15 is 0 Å². The molecule has 3 aromatic rings. The molecule has 0 radical (unpaired) electrons. The van der Waals surface area contributed by atoms with Gasteiger partial charge < -0.3 is 9.47 Å². The number of esters is 1. The molecule has 2 aromatic carbocycles. The lowest BCUT2D eigenvalue weighted by Gasteiger charge is -2.11. The fourth-order valence-electron chi connectivity index (χ4n) is 3.40. The molecule has 0 spiro atoms. The van der Waals surface area contributed by atoms with Gasteiger partial charge in [-0.3, -0.25) is 4.79 Å². The van der Waals surface area contributed by atoms with Gasteiger partial charge in [0.25, 0.3) is 0 Å². The molecule has 0 atom stereocenters. The quantitative estimate of drug-likeness (QED) is 0.378. The first-order chi connectivity index (χ1) is 14.9. The highest BCUT2D eigenvalue weighted by atomic mass is 32.1. The molecule has 0 aliphatic rings. The van der Waals surface area contributed by atoms with Gasteiger partial charge >= 0.3 is 5.97 Å². The maximum absolute atomic E-state index is 11.6. The number of thiophene rings is 1. The molecule has 160 valence electrons. The SMILES string of the molecule is CCOC(=O)CCc1ccc(-c2ccc(-c3ccc(OC(C)C)c(C#N)c3)s2)c(C)c1. The Morgan fingerprint density at radius 2 is 1.87 bits per heavy atom. The Hall–Kier alpha value is -3.10. The number of carbonyl (C=O) groups excluding carboxylic acids is 1. The van der Waals surface area contributed by atoms with Crippen molar-refractivity contribution in [1.29, 1.82) is 5.26 Å². The lowest BCUT2D eigenvalue weighted by molar-refractivity contribution is -0.143. The lowest BCUT2D eigenvalue weighted by Crippen LogP contribution is -2.06. The Morgan fingerprint density at radius 1 is 1.10 bits per heavy atom. The number of ether oxygens (including phenoxy) is 2. The van der Waals surface area contributed by atoms with Crippen molar-refractivity contribution in [2.75, 3.05) is 6.61 Å². The first kappa shape index (κ1) is 22.6. The van der Waals surface area contributed by atoms with E-state index < -0.39 is 0 Å². The summed E-state index contributed by atoms with van der Waals surface area (Å²) < 4.78 is 10.7. The number of nitrogens with zero attached hydrogens (tertiary/aromatic N) is 1. The minimum atomic E-state index is -0.159. The molecule has 0 N–H and O–H groups in total. The summed E-state index contributed by atoms with van der Waals surface area (Å²) in [6, 6.07) is 18.5. The van der Waals surface area contributed by atoms with E-state index in [1.807, 2.05) is 39.0 Å². The fourth-order valence-corrected chi connectivity index (χ4v) is 4.50. The van der Waals surface area contributed by atoms with Crippen molar-refractivity contribution in [3.8, 4) is 32.7 Å². The second-order valence-electron chi connectivity index (χ2n) is 7.61. The Balaban J connectivity index is 1.79. The van der Waals surface area contributed by atoms with Gasteiger partial charge in [0.15, 0.2) is 0 Å². The molecule has 3 rings (SSSR count). The Morgan fingerprint density at radius 3 is 2.55 bits per heavy atom. The minimum absolute atomic E-state index is 0.0227. The van der Waals surface area contributed by atoms with Crippen LogP contribution in [0, 0.1) is 18.3 Å². The van der Waals surface area contributed by atoms with Crippen molar-refractivity contribution in [1.82, 2.24) is 0 Å². The van der Waals surface area contributed by atoms with Crippen LogP contribution in [0.4, 0.5) is 0 Å². The van der Waals surface area contributed by atoms with Crippen LogP contribution in [0.15, 0.2) is 48.5 Å². The van der Waals surface area contributed by atoms with Gasteiger partial charge in [-0.1, -0.05) is 18.2 Å². The Kier molecular flexibility index (Phi) is 7.49. The third-order valence-electron chi connectivity index (χ3n) is 4.83. The summed E-state index contributed by atoms with van der Waals surface area (Å²) in [5, 5.41) is 9.50. The monoisotopic (exact) mass is 433 g/mol. The summed E-state index contributed by atoms with van der Waals surface area (Å²) in [5.74, 6) is 0.459. The van der Waals surface area contributed by atoms with Crippen LogP contribution in [-0.4, -0.2) is 18.7 Å². The van der Waals surface area contributed by atoms with Gasteiger partial charge in [-0.15, -0.1) is 11.3 Å². The molecule has 0 aliphatic carbocycles. The molecule has 0 amide bonds. The molecule has 31 heavy (non-hydrogen) atoms. The van der Waals surface area contributed by atoms with Gasteiger partial charge in [0.1, 0.15) is 11.8 Å². The van der Waals surface area contributed by atoms with Gasteiger partial charge in [-0.05, 0) is 86.7 Å².